The van der Waals surface area contributed by atoms with Crippen molar-refractivity contribution in [1.29, 1.82) is 0 Å². The van der Waals surface area contributed by atoms with E-state index in [0.29, 0.717) is 0 Å². The van der Waals surface area contributed by atoms with Crippen LogP contribution >= 0.6 is 0 Å². The Bertz CT molecular complexity index is 859. The van der Waals surface area contributed by atoms with Crippen LogP contribution in [0, 0.1) is 0 Å². The Labute approximate surface area is 125 Å². The van der Waals surface area contributed by atoms with Gasteiger partial charge in [-0.15, -0.1) is 0 Å². The molecule has 104 valence electrons. The van der Waals surface area contributed by atoms with E-state index in [4.69, 9.17) is 4.98 Å². The van der Waals surface area contributed by atoms with Crippen molar-refractivity contribution in [2.75, 3.05) is 0 Å². The van der Waals surface area contributed by atoms with Gasteiger partial charge in [0.1, 0.15) is 0 Å². The van der Waals surface area contributed by atoms with Crippen LogP contribution in [0.25, 0.3) is 22.0 Å². The highest BCUT2D eigenvalue weighted by molar-refractivity contribution is 6.01. The number of rotatable bonds is 1. The van der Waals surface area contributed by atoms with Crippen molar-refractivity contribution in [3.63, 3.8) is 0 Å². The molecule has 0 saturated heterocycles. The Morgan fingerprint density at radius 3 is 2.52 bits per heavy atom. The van der Waals surface area contributed by atoms with Crippen LogP contribution in [0.15, 0.2) is 48.5 Å². The Kier molecular flexibility index (Phi) is 2.50. The fourth-order valence-electron chi connectivity index (χ4n) is 3.64. The molecule has 1 aromatic heterocycles. The predicted octanol–water partition coefficient (Wildman–Crippen LogP) is 5.10. The minimum atomic E-state index is 0.0263. The van der Waals surface area contributed by atoms with E-state index in [2.05, 4.69) is 69.3 Å². The van der Waals surface area contributed by atoms with Gasteiger partial charge in [0, 0.05) is 22.1 Å². The van der Waals surface area contributed by atoms with Gasteiger partial charge in [0.15, 0.2) is 0 Å². The molecule has 1 aliphatic rings. The third-order valence-corrected chi connectivity index (χ3v) is 4.80. The number of aryl methyl sites for hydroxylation is 1. The summed E-state index contributed by atoms with van der Waals surface area (Å²) in [4.78, 5) is 4.96. The quantitative estimate of drug-likeness (QED) is 0.601. The summed E-state index contributed by atoms with van der Waals surface area (Å²) in [6.45, 7) is 6.80. The van der Waals surface area contributed by atoms with Crippen molar-refractivity contribution in [1.82, 2.24) is 4.98 Å². The molecule has 0 atom stereocenters. The van der Waals surface area contributed by atoms with Gasteiger partial charge in [-0.05, 0) is 29.0 Å². The van der Waals surface area contributed by atoms with Gasteiger partial charge in [0.2, 0.25) is 0 Å². The van der Waals surface area contributed by atoms with Crippen LogP contribution in [-0.4, -0.2) is 4.98 Å². The van der Waals surface area contributed by atoms with Gasteiger partial charge in [-0.3, -0.25) is 4.98 Å². The number of pyridine rings is 1. The average molecular weight is 273 g/mol. The van der Waals surface area contributed by atoms with Crippen LogP contribution in [0.1, 0.15) is 37.6 Å². The first-order chi connectivity index (χ1) is 10.1. The van der Waals surface area contributed by atoms with Gasteiger partial charge in [-0.2, -0.15) is 0 Å². The summed E-state index contributed by atoms with van der Waals surface area (Å²) in [6, 6.07) is 17.6. The lowest BCUT2D eigenvalue weighted by atomic mass is 9.70. The summed E-state index contributed by atoms with van der Waals surface area (Å²) in [7, 11) is 0. The summed E-state index contributed by atoms with van der Waals surface area (Å²) in [5.74, 6) is 0. The van der Waals surface area contributed by atoms with Gasteiger partial charge in [-0.1, -0.05) is 63.2 Å². The number of aromatic nitrogens is 1. The molecule has 0 fully saturated rings. The number of nitrogens with zero attached hydrogens (tertiary/aromatic N) is 1. The van der Waals surface area contributed by atoms with Crippen LogP contribution in [0.2, 0.25) is 0 Å². The van der Waals surface area contributed by atoms with Crippen LogP contribution in [0.5, 0.6) is 0 Å². The van der Waals surface area contributed by atoms with Crippen molar-refractivity contribution in [2.45, 2.75) is 32.6 Å². The first-order valence-electron chi connectivity index (χ1n) is 7.66. The number of fused-ring (bicyclic) bond motifs is 2. The maximum atomic E-state index is 4.96. The minimum Gasteiger partial charge on any atom is -0.252 e. The van der Waals surface area contributed by atoms with Gasteiger partial charge in [0.25, 0.3) is 0 Å². The van der Waals surface area contributed by atoms with Gasteiger partial charge in [0.05, 0.1) is 5.69 Å². The van der Waals surface area contributed by atoms with Crippen LogP contribution in [-0.2, 0) is 11.8 Å². The van der Waals surface area contributed by atoms with E-state index in [-0.39, 0.29) is 5.41 Å². The zero-order valence-electron chi connectivity index (χ0n) is 12.8. The summed E-state index contributed by atoms with van der Waals surface area (Å²) in [5, 5.41) is 2.65. The summed E-state index contributed by atoms with van der Waals surface area (Å²) >= 11 is 0. The highest BCUT2D eigenvalue weighted by Gasteiger charge is 2.33. The lowest BCUT2D eigenvalue weighted by Gasteiger charge is -2.34. The molecule has 1 nitrogen and oxygen atoms in total. The lowest BCUT2D eigenvalue weighted by Crippen LogP contribution is -2.24. The predicted molar refractivity (Wildman–Crippen MR) is 88.7 cm³/mol. The standard InChI is InChI=1S/C20H19N/c1-4-14-12-13-8-7-11-17-18(13)19(21-14)15-9-5-6-10-16(15)20(17,2)3/h5-12H,4H2,1-3H3. The Hall–Kier alpha value is -2.15. The second-order valence-corrected chi connectivity index (χ2v) is 6.39. The SMILES string of the molecule is CCc1cc2cccc3c2c(n1)-c1ccccc1C3(C)C. The highest BCUT2D eigenvalue weighted by Crippen LogP contribution is 2.47. The topological polar surface area (TPSA) is 12.9 Å². The number of hydrogen-bond donors (Lipinski definition) is 0. The molecule has 1 aliphatic carbocycles. The number of benzene rings is 2. The van der Waals surface area contributed by atoms with Gasteiger partial charge < -0.3 is 0 Å². The fraction of sp³-hybridized carbons (Fsp3) is 0.250. The lowest BCUT2D eigenvalue weighted by molar-refractivity contribution is 0.644. The minimum absolute atomic E-state index is 0.0263. The largest absolute Gasteiger partial charge is 0.252 e. The first kappa shape index (κ1) is 12.6. The molecular weight excluding hydrogens is 254 g/mol. The van der Waals surface area contributed by atoms with Crippen molar-refractivity contribution >= 4 is 10.8 Å². The molecule has 3 aromatic rings. The summed E-state index contributed by atoms with van der Waals surface area (Å²) < 4.78 is 0. The van der Waals surface area contributed by atoms with E-state index in [9.17, 15) is 0 Å². The zero-order valence-corrected chi connectivity index (χ0v) is 12.8. The monoisotopic (exact) mass is 273 g/mol. The normalized spacial score (nSPS) is 15.0. The molecule has 0 saturated carbocycles. The third-order valence-electron chi connectivity index (χ3n) is 4.80. The molecule has 0 unspecified atom stereocenters. The maximum Gasteiger partial charge on any atom is 0.0789 e. The van der Waals surface area contributed by atoms with E-state index in [1.807, 2.05) is 0 Å². The van der Waals surface area contributed by atoms with Crippen molar-refractivity contribution in [3.05, 3.63) is 65.4 Å². The molecule has 0 N–H and O–H groups in total. The molecule has 2 aromatic carbocycles. The molecule has 0 amide bonds. The molecular formula is C20H19N. The van der Waals surface area contributed by atoms with Crippen LogP contribution < -0.4 is 0 Å². The Morgan fingerprint density at radius 1 is 0.952 bits per heavy atom. The molecule has 0 radical (unpaired) electrons. The third kappa shape index (κ3) is 1.61. The van der Waals surface area contributed by atoms with Crippen molar-refractivity contribution in [3.8, 4) is 11.3 Å². The number of hydrogen-bond acceptors (Lipinski definition) is 1. The Balaban J connectivity index is 2.24. The average Bonchev–Trinajstić information content (AvgIpc) is 2.52. The van der Waals surface area contributed by atoms with E-state index >= 15 is 0 Å². The van der Waals surface area contributed by atoms with Crippen molar-refractivity contribution in [2.24, 2.45) is 0 Å². The Morgan fingerprint density at radius 2 is 1.71 bits per heavy atom. The smallest absolute Gasteiger partial charge is 0.0789 e. The van der Waals surface area contributed by atoms with Crippen LogP contribution in [0.4, 0.5) is 0 Å². The van der Waals surface area contributed by atoms with Gasteiger partial charge >= 0.3 is 0 Å². The van der Waals surface area contributed by atoms with Crippen LogP contribution in [0.3, 0.4) is 0 Å². The molecule has 1 heteroatoms. The molecule has 0 spiro atoms. The molecule has 21 heavy (non-hydrogen) atoms. The second-order valence-electron chi connectivity index (χ2n) is 6.39. The van der Waals surface area contributed by atoms with Crippen molar-refractivity contribution < 1.29 is 0 Å². The zero-order chi connectivity index (χ0) is 14.6. The molecule has 0 bridgehead atoms. The molecule has 0 aliphatic heterocycles. The summed E-state index contributed by atoms with van der Waals surface area (Å²) in [5.41, 5.74) is 6.42. The van der Waals surface area contributed by atoms with E-state index < -0.39 is 0 Å². The highest BCUT2D eigenvalue weighted by atomic mass is 14.7. The van der Waals surface area contributed by atoms with Gasteiger partial charge in [-0.25, -0.2) is 0 Å². The molecule has 4 rings (SSSR count). The molecule has 1 heterocycles. The van der Waals surface area contributed by atoms with E-state index in [0.717, 1.165) is 12.1 Å². The first-order valence-corrected chi connectivity index (χ1v) is 7.66. The maximum absolute atomic E-state index is 4.96. The fourth-order valence-corrected chi connectivity index (χ4v) is 3.64. The second kappa shape index (κ2) is 4.17. The summed E-state index contributed by atoms with van der Waals surface area (Å²) in [6.07, 6.45) is 0.971. The van der Waals surface area contributed by atoms with E-state index in [1.54, 1.807) is 0 Å². The van der Waals surface area contributed by atoms with E-state index in [1.165, 1.54) is 33.2 Å².